The summed E-state index contributed by atoms with van der Waals surface area (Å²) < 4.78 is 36.8. The lowest BCUT2D eigenvalue weighted by Gasteiger charge is -2.10. The SMILES string of the molecule is COC(=O)Oc1sccc1S(=O)(=O)n1c(C)c(CC(=O)O)c2cccnc21. The minimum Gasteiger partial charge on any atom is -0.481 e. The van der Waals surface area contributed by atoms with Crippen molar-refractivity contribution in [3.8, 4) is 5.06 Å². The van der Waals surface area contributed by atoms with E-state index in [2.05, 4.69) is 9.72 Å². The van der Waals surface area contributed by atoms with Crippen LogP contribution in [-0.4, -0.2) is 41.7 Å². The first-order valence-corrected chi connectivity index (χ1v) is 9.85. The van der Waals surface area contributed by atoms with E-state index in [0.29, 0.717) is 10.9 Å². The van der Waals surface area contributed by atoms with Gasteiger partial charge in [-0.1, -0.05) is 0 Å². The van der Waals surface area contributed by atoms with Gasteiger partial charge < -0.3 is 14.6 Å². The maximum absolute atomic E-state index is 13.3. The number of methoxy groups -OCH3 is 1. The van der Waals surface area contributed by atoms with Gasteiger partial charge in [0, 0.05) is 17.3 Å². The number of pyridine rings is 1. The number of aliphatic carboxylic acids is 1. The fourth-order valence-corrected chi connectivity index (χ4v) is 5.41. The van der Waals surface area contributed by atoms with Crippen LogP contribution in [0.25, 0.3) is 11.0 Å². The van der Waals surface area contributed by atoms with Gasteiger partial charge in [0.15, 0.2) is 5.65 Å². The molecule has 0 aromatic carbocycles. The lowest BCUT2D eigenvalue weighted by molar-refractivity contribution is -0.136. The number of carboxylic acid groups (broad SMARTS) is 1. The van der Waals surface area contributed by atoms with E-state index in [-0.39, 0.29) is 27.7 Å². The van der Waals surface area contributed by atoms with Gasteiger partial charge in [0.05, 0.1) is 13.5 Å². The van der Waals surface area contributed by atoms with E-state index in [1.54, 1.807) is 12.1 Å². The van der Waals surface area contributed by atoms with Crippen molar-refractivity contribution in [3.05, 3.63) is 41.0 Å². The zero-order chi connectivity index (χ0) is 19.8. The van der Waals surface area contributed by atoms with Crippen LogP contribution in [0.1, 0.15) is 11.3 Å². The number of carboxylic acids is 1. The number of hydrogen-bond donors (Lipinski definition) is 1. The van der Waals surface area contributed by atoms with Gasteiger partial charge in [0.25, 0.3) is 10.0 Å². The van der Waals surface area contributed by atoms with Crippen LogP contribution in [0, 0.1) is 6.92 Å². The number of carbonyl (C=O) groups is 2. The van der Waals surface area contributed by atoms with E-state index in [1.165, 1.54) is 24.6 Å². The highest BCUT2D eigenvalue weighted by atomic mass is 32.2. The first-order chi connectivity index (χ1) is 12.8. The Bertz CT molecular complexity index is 1140. The van der Waals surface area contributed by atoms with Gasteiger partial charge in [0.1, 0.15) is 4.90 Å². The Morgan fingerprint density at radius 1 is 1.33 bits per heavy atom. The minimum absolute atomic E-state index is 0.0986. The van der Waals surface area contributed by atoms with Crippen LogP contribution < -0.4 is 4.74 Å². The molecule has 0 saturated carbocycles. The molecule has 0 fully saturated rings. The highest BCUT2D eigenvalue weighted by molar-refractivity contribution is 7.90. The van der Waals surface area contributed by atoms with Crippen molar-refractivity contribution < 1.29 is 32.6 Å². The summed E-state index contributed by atoms with van der Waals surface area (Å²) in [5.41, 5.74) is 0.669. The lowest BCUT2D eigenvalue weighted by Crippen LogP contribution is -2.17. The van der Waals surface area contributed by atoms with Crippen molar-refractivity contribution >= 4 is 44.5 Å². The first kappa shape index (κ1) is 18.9. The Morgan fingerprint density at radius 3 is 2.74 bits per heavy atom. The molecule has 142 valence electrons. The van der Waals surface area contributed by atoms with Crippen LogP contribution in [0.2, 0.25) is 0 Å². The third-order valence-electron chi connectivity index (χ3n) is 3.83. The number of carbonyl (C=O) groups excluding carboxylic acids is 1. The van der Waals surface area contributed by atoms with E-state index >= 15 is 0 Å². The van der Waals surface area contributed by atoms with Crippen LogP contribution in [0.15, 0.2) is 34.7 Å². The number of ether oxygens (including phenoxy) is 2. The van der Waals surface area contributed by atoms with Gasteiger partial charge in [-0.3, -0.25) is 4.79 Å². The van der Waals surface area contributed by atoms with Crippen molar-refractivity contribution in [2.24, 2.45) is 0 Å². The number of hydrogen-bond acceptors (Lipinski definition) is 8. The first-order valence-electron chi connectivity index (χ1n) is 7.53. The second kappa shape index (κ2) is 7.00. The zero-order valence-electron chi connectivity index (χ0n) is 14.2. The topological polar surface area (TPSA) is 125 Å². The van der Waals surface area contributed by atoms with Crippen molar-refractivity contribution in [2.75, 3.05) is 7.11 Å². The molecular weight excluding hydrogens is 396 g/mol. The Morgan fingerprint density at radius 2 is 2.07 bits per heavy atom. The van der Waals surface area contributed by atoms with Crippen molar-refractivity contribution in [1.29, 1.82) is 0 Å². The summed E-state index contributed by atoms with van der Waals surface area (Å²) in [5, 5.41) is 10.9. The van der Waals surface area contributed by atoms with Crippen LogP contribution in [-0.2, 0) is 26.0 Å². The lowest BCUT2D eigenvalue weighted by atomic mass is 10.1. The molecule has 9 nitrogen and oxygen atoms in total. The predicted molar refractivity (Wildman–Crippen MR) is 95.7 cm³/mol. The number of fused-ring (bicyclic) bond motifs is 1. The molecule has 0 bridgehead atoms. The standard InChI is InChI=1S/C16H14N2O7S2/c1-9-11(8-13(19)20)10-4-3-6-17-14(10)18(9)27(22,23)12-5-7-26-15(12)25-16(21)24-2/h3-7H,8H2,1-2H3,(H,19,20). The molecule has 0 amide bonds. The van der Waals surface area contributed by atoms with Gasteiger partial charge in [-0.25, -0.2) is 22.2 Å². The number of thiophene rings is 1. The maximum Gasteiger partial charge on any atom is 0.514 e. The van der Waals surface area contributed by atoms with E-state index < -0.39 is 22.1 Å². The van der Waals surface area contributed by atoms with E-state index in [9.17, 15) is 18.0 Å². The quantitative estimate of drug-likeness (QED) is 0.636. The number of rotatable bonds is 5. The Kier molecular flexibility index (Phi) is 4.89. The van der Waals surface area contributed by atoms with Gasteiger partial charge in [-0.2, -0.15) is 0 Å². The van der Waals surface area contributed by atoms with E-state index in [4.69, 9.17) is 9.84 Å². The zero-order valence-corrected chi connectivity index (χ0v) is 15.8. The van der Waals surface area contributed by atoms with Gasteiger partial charge in [-0.05, 0) is 36.1 Å². The predicted octanol–water partition coefficient (Wildman–Crippen LogP) is 2.42. The molecule has 0 radical (unpaired) electrons. The Balaban J connectivity index is 2.24. The average molecular weight is 410 g/mol. The highest BCUT2D eigenvalue weighted by Gasteiger charge is 2.30. The monoisotopic (exact) mass is 410 g/mol. The van der Waals surface area contributed by atoms with Gasteiger partial charge in [0.2, 0.25) is 5.06 Å². The summed E-state index contributed by atoms with van der Waals surface area (Å²) in [6, 6.07) is 4.50. The summed E-state index contributed by atoms with van der Waals surface area (Å²) >= 11 is 0.913. The summed E-state index contributed by atoms with van der Waals surface area (Å²) in [5.74, 6) is -1.09. The summed E-state index contributed by atoms with van der Waals surface area (Å²) in [6.07, 6.45) is 0.0106. The molecule has 0 unspecified atom stereocenters. The van der Waals surface area contributed by atoms with Gasteiger partial charge >= 0.3 is 12.1 Å². The average Bonchev–Trinajstić information content (AvgIpc) is 3.18. The molecule has 27 heavy (non-hydrogen) atoms. The van der Waals surface area contributed by atoms with Crippen LogP contribution >= 0.6 is 11.3 Å². The van der Waals surface area contributed by atoms with Crippen molar-refractivity contribution in [2.45, 2.75) is 18.2 Å². The van der Waals surface area contributed by atoms with Gasteiger partial charge in [-0.15, -0.1) is 11.3 Å². The Hall–Kier alpha value is -2.92. The van der Waals surface area contributed by atoms with E-state index in [1.807, 2.05) is 0 Å². The smallest absolute Gasteiger partial charge is 0.481 e. The van der Waals surface area contributed by atoms with Crippen LogP contribution in [0.4, 0.5) is 4.79 Å². The molecule has 11 heteroatoms. The third kappa shape index (κ3) is 3.26. The third-order valence-corrected chi connectivity index (χ3v) is 6.55. The van der Waals surface area contributed by atoms with Crippen LogP contribution in [0.3, 0.4) is 0 Å². The van der Waals surface area contributed by atoms with Crippen molar-refractivity contribution in [3.63, 3.8) is 0 Å². The Labute approximate surface area is 157 Å². The van der Waals surface area contributed by atoms with Crippen molar-refractivity contribution in [1.82, 2.24) is 8.96 Å². The molecule has 0 aliphatic carbocycles. The molecule has 1 N–H and O–H groups in total. The maximum atomic E-state index is 13.3. The molecule has 0 atom stereocenters. The molecule has 3 heterocycles. The van der Waals surface area contributed by atoms with Crippen LogP contribution in [0.5, 0.6) is 5.06 Å². The fraction of sp³-hybridized carbons (Fsp3) is 0.188. The summed E-state index contributed by atoms with van der Waals surface area (Å²) in [7, 11) is -3.11. The minimum atomic E-state index is -4.21. The molecule has 3 aromatic heterocycles. The number of nitrogens with zero attached hydrogens (tertiary/aromatic N) is 2. The molecule has 0 saturated heterocycles. The second-order valence-corrected chi connectivity index (χ2v) is 8.04. The molecule has 0 spiro atoms. The molecule has 0 aliphatic heterocycles. The molecule has 3 rings (SSSR count). The molecule has 0 aliphatic rings. The highest BCUT2D eigenvalue weighted by Crippen LogP contribution is 2.35. The summed E-state index contributed by atoms with van der Waals surface area (Å²) in [4.78, 5) is 26.5. The molecule has 3 aromatic rings. The van der Waals surface area contributed by atoms with E-state index in [0.717, 1.165) is 22.4 Å². The second-order valence-electron chi connectivity index (χ2n) is 5.41. The largest absolute Gasteiger partial charge is 0.514 e. The molecular formula is C16H14N2O7S2. The summed E-state index contributed by atoms with van der Waals surface area (Å²) in [6.45, 7) is 1.50. The number of aromatic nitrogens is 2. The fourth-order valence-electron chi connectivity index (χ4n) is 2.70. The normalized spacial score (nSPS) is 11.5.